The highest BCUT2D eigenvalue weighted by atomic mass is 16.5. The summed E-state index contributed by atoms with van der Waals surface area (Å²) in [5.41, 5.74) is 1.12. The Bertz CT molecular complexity index is 630. The zero-order chi connectivity index (χ0) is 17.8. The average Bonchev–Trinajstić information content (AvgIpc) is 3.39. The van der Waals surface area contributed by atoms with Crippen LogP contribution < -0.4 is 15.4 Å². The van der Waals surface area contributed by atoms with Crippen molar-refractivity contribution in [3.63, 3.8) is 0 Å². The van der Waals surface area contributed by atoms with Crippen LogP contribution >= 0.6 is 0 Å². The maximum atomic E-state index is 6.00. The summed E-state index contributed by atoms with van der Waals surface area (Å²) in [4.78, 5) is 9.12. The third kappa shape index (κ3) is 4.29. The Balaban J connectivity index is 1.36. The molecule has 3 unspecified atom stereocenters. The molecule has 3 atom stereocenters. The smallest absolute Gasteiger partial charge is 0.213 e. The minimum atomic E-state index is 0.332. The standard InChI is InChI=1S/C20H30N4O2/c1-2-21-20(24-17-12-16-7-8-18(17)25-16)23-13-14-9-10-22-19(11-14)26-15-5-3-4-6-15/h9-11,15-18H,2-8,12-13H2,1H3,(H2,21,23,24). The Kier molecular flexibility index (Phi) is 5.58. The van der Waals surface area contributed by atoms with Gasteiger partial charge < -0.3 is 20.1 Å². The topological polar surface area (TPSA) is 67.8 Å². The number of nitrogens with zero attached hydrogens (tertiary/aromatic N) is 2. The molecule has 2 aliphatic heterocycles. The van der Waals surface area contributed by atoms with Crippen LogP contribution in [0.15, 0.2) is 23.3 Å². The number of ether oxygens (including phenoxy) is 2. The molecule has 0 amide bonds. The number of hydrogen-bond acceptors (Lipinski definition) is 4. The molecule has 3 aliphatic rings. The number of aliphatic imine (C=N–C) groups is 1. The third-order valence-electron chi connectivity index (χ3n) is 5.58. The third-order valence-corrected chi connectivity index (χ3v) is 5.58. The molecule has 2 saturated heterocycles. The van der Waals surface area contributed by atoms with Crippen LogP contribution in [0.5, 0.6) is 5.88 Å². The Morgan fingerprint density at radius 2 is 2.19 bits per heavy atom. The van der Waals surface area contributed by atoms with Gasteiger partial charge in [0.25, 0.3) is 0 Å². The van der Waals surface area contributed by atoms with E-state index < -0.39 is 0 Å². The van der Waals surface area contributed by atoms with Crippen molar-refractivity contribution in [3.05, 3.63) is 23.9 Å². The summed E-state index contributed by atoms with van der Waals surface area (Å²) in [5, 5.41) is 6.91. The van der Waals surface area contributed by atoms with Crippen molar-refractivity contribution in [1.82, 2.24) is 15.6 Å². The van der Waals surface area contributed by atoms with Crippen molar-refractivity contribution in [2.75, 3.05) is 6.54 Å². The lowest BCUT2D eigenvalue weighted by molar-refractivity contribution is 0.0992. The molecule has 4 rings (SSSR count). The van der Waals surface area contributed by atoms with E-state index in [1.54, 1.807) is 0 Å². The highest BCUT2D eigenvalue weighted by molar-refractivity contribution is 5.80. The summed E-state index contributed by atoms with van der Waals surface area (Å²) in [6, 6.07) is 4.41. The number of pyridine rings is 1. The molecule has 0 spiro atoms. The fourth-order valence-electron chi connectivity index (χ4n) is 4.25. The number of hydrogen-bond donors (Lipinski definition) is 2. The molecule has 2 N–H and O–H groups in total. The molecule has 3 heterocycles. The summed E-state index contributed by atoms with van der Waals surface area (Å²) in [6.45, 7) is 3.55. The predicted octanol–water partition coefficient (Wildman–Crippen LogP) is 2.78. The summed E-state index contributed by atoms with van der Waals surface area (Å²) in [5.74, 6) is 1.59. The molecule has 0 radical (unpaired) electrons. The van der Waals surface area contributed by atoms with Crippen LogP contribution in [0.4, 0.5) is 0 Å². The van der Waals surface area contributed by atoms with Crippen molar-refractivity contribution in [2.45, 2.75) is 82.8 Å². The van der Waals surface area contributed by atoms with Crippen molar-refractivity contribution in [1.29, 1.82) is 0 Å². The first kappa shape index (κ1) is 17.6. The van der Waals surface area contributed by atoms with Gasteiger partial charge in [-0.2, -0.15) is 0 Å². The molecule has 1 aromatic heterocycles. The van der Waals surface area contributed by atoms with Gasteiger partial charge in [-0.05, 0) is 63.5 Å². The number of fused-ring (bicyclic) bond motifs is 2. The van der Waals surface area contributed by atoms with Gasteiger partial charge in [-0.25, -0.2) is 9.98 Å². The van der Waals surface area contributed by atoms with Crippen LogP contribution in [0, 0.1) is 0 Å². The second kappa shape index (κ2) is 8.25. The van der Waals surface area contributed by atoms with Gasteiger partial charge in [0.15, 0.2) is 5.96 Å². The first-order valence-electron chi connectivity index (χ1n) is 10.1. The molecule has 6 heteroatoms. The Morgan fingerprint density at radius 1 is 1.31 bits per heavy atom. The van der Waals surface area contributed by atoms with Gasteiger partial charge in [0.1, 0.15) is 6.10 Å². The van der Waals surface area contributed by atoms with E-state index >= 15 is 0 Å². The van der Waals surface area contributed by atoms with Crippen molar-refractivity contribution in [2.24, 2.45) is 4.99 Å². The van der Waals surface area contributed by atoms with Gasteiger partial charge in [-0.1, -0.05) is 0 Å². The van der Waals surface area contributed by atoms with E-state index in [2.05, 4.69) is 22.5 Å². The number of nitrogens with one attached hydrogen (secondary N) is 2. The van der Waals surface area contributed by atoms with Crippen LogP contribution in [0.25, 0.3) is 0 Å². The molecule has 2 bridgehead atoms. The van der Waals surface area contributed by atoms with Gasteiger partial charge in [0.2, 0.25) is 5.88 Å². The molecule has 3 fully saturated rings. The molecule has 6 nitrogen and oxygen atoms in total. The quantitative estimate of drug-likeness (QED) is 0.605. The molecule has 1 aromatic rings. The Labute approximate surface area is 155 Å². The SMILES string of the molecule is CCNC(=NCc1ccnc(OC2CCCC2)c1)NC1CC2CCC1O2. The van der Waals surface area contributed by atoms with E-state index in [1.807, 2.05) is 18.3 Å². The molecule has 142 valence electrons. The highest BCUT2D eigenvalue weighted by Crippen LogP contribution is 2.34. The first-order valence-corrected chi connectivity index (χ1v) is 10.1. The van der Waals surface area contributed by atoms with E-state index in [1.165, 1.54) is 19.3 Å². The zero-order valence-electron chi connectivity index (χ0n) is 15.6. The van der Waals surface area contributed by atoms with Crippen LogP contribution in [-0.2, 0) is 11.3 Å². The monoisotopic (exact) mass is 358 g/mol. The summed E-state index contributed by atoms with van der Waals surface area (Å²) < 4.78 is 11.9. The summed E-state index contributed by atoms with van der Waals surface area (Å²) >= 11 is 0. The average molecular weight is 358 g/mol. The zero-order valence-corrected chi connectivity index (χ0v) is 15.6. The lowest BCUT2D eigenvalue weighted by atomic mass is 9.96. The summed E-state index contributed by atoms with van der Waals surface area (Å²) in [7, 11) is 0. The maximum absolute atomic E-state index is 6.00. The van der Waals surface area contributed by atoms with Crippen LogP contribution in [0.2, 0.25) is 0 Å². The summed E-state index contributed by atoms with van der Waals surface area (Å²) in [6.07, 6.45) is 11.2. The molecular formula is C20H30N4O2. The van der Waals surface area contributed by atoms with Crippen LogP contribution in [0.1, 0.15) is 57.4 Å². The van der Waals surface area contributed by atoms with E-state index in [0.717, 1.165) is 49.6 Å². The fourth-order valence-corrected chi connectivity index (χ4v) is 4.25. The number of guanidine groups is 1. The normalized spacial score (nSPS) is 28.5. The van der Waals surface area contributed by atoms with Crippen LogP contribution in [0.3, 0.4) is 0 Å². The minimum absolute atomic E-state index is 0.332. The molecule has 0 aromatic carbocycles. The fraction of sp³-hybridized carbons (Fsp3) is 0.700. The van der Waals surface area contributed by atoms with E-state index in [0.29, 0.717) is 30.9 Å². The second-order valence-corrected chi connectivity index (χ2v) is 7.58. The van der Waals surface area contributed by atoms with Crippen molar-refractivity contribution < 1.29 is 9.47 Å². The number of rotatable bonds is 6. The number of aromatic nitrogens is 1. The van der Waals surface area contributed by atoms with Gasteiger partial charge >= 0.3 is 0 Å². The van der Waals surface area contributed by atoms with Crippen molar-refractivity contribution >= 4 is 5.96 Å². The van der Waals surface area contributed by atoms with Crippen molar-refractivity contribution in [3.8, 4) is 5.88 Å². The Hall–Kier alpha value is -1.82. The second-order valence-electron chi connectivity index (χ2n) is 7.58. The van der Waals surface area contributed by atoms with Gasteiger partial charge in [-0.3, -0.25) is 0 Å². The van der Waals surface area contributed by atoms with Gasteiger partial charge in [-0.15, -0.1) is 0 Å². The first-order chi connectivity index (χ1) is 12.8. The largest absolute Gasteiger partial charge is 0.474 e. The van der Waals surface area contributed by atoms with E-state index in [4.69, 9.17) is 14.5 Å². The van der Waals surface area contributed by atoms with Gasteiger partial charge in [0.05, 0.1) is 24.8 Å². The van der Waals surface area contributed by atoms with E-state index in [9.17, 15) is 0 Å². The van der Waals surface area contributed by atoms with Crippen LogP contribution in [-0.4, -0.2) is 41.8 Å². The lowest BCUT2D eigenvalue weighted by Crippen LogP contribution is -2.47. The highest BCUT2D eigenvalue weighted by Gasteiger charge is 2.41. The Morgan fingerprint density at radius 3 is 2.92 bits per heavy atom. The van der Waals surface area contributed by atoms with E-state index in [-0.39, 0.29) is 0 Å². The molecule has 1 saturated carbocycles. The lowest BCUT2D eigenvalue weighted by Gasteiger charge is -2.22. The minimum Gasteiger partial charge on any atom is -0.474 e. The predicted molar refractivity (Wildman–Crippen MR) is 101 cm³/mol. The molecular weight excluding hydrogens is 328 g/mol. The molecule has 1 aliphatic carbocycles. The maximum Gasteiger partial charge on any atom is 0.213 e. The van der Waals surface area contributed by atoms with Gasteiger partial charge in [0, 0.05) is 18.8 Å². The molecule has 26 heavy (non-hydrogen) atoms.